The van der Waals surface area contributed by atoms with Crippen molar-refractivity contribution in [2.24, 2.45) is 0 Å². The number of carbonyl (C=O) groups excluding carboxylic acids is 2. The maximum atomic E-state index is 12.8. The molecule has 0 aliphatic carbocycles. The highest BCUT2D eigenvalue weighted by molar-refractivity contribution is 7.62. The minimum Gasteiger partial charge on any atom is -0.342 e. The summed E-state index contributed by atoms with van der Waals surface area (Å²) in [5.74, 6) is -1.36. The Balaban J connectivity index is 1.57. The highest BCUT2D eigenvalue weighted by Gasteiger charge is 2.21. The van der Waals surface area contributed by atoms with Crippen molar-refractivity contribution in [3.8, 4) is 5.69 Å². The lowest BCUT2D eigenvalue weighted by molar-refractivity contribution is -0.116. The second-order valence-electron chi connectivity index (χ2n) is 6.45. The molecule has 27 heavy (non-hydrogen) atoms. The average molecular weight is 381 g/mol. The quantitative estimate of drug-likeness (QED) is 0.387. The van der Waals surface area contributed by atoms with Crippen LogP contribution in [-0.4, -0.2) is 34.2 Å². The number of ketones is 1. The summed E-state index contributed by atoms with van der Waals surface area (Å²) in [4.78, 5) is 28.1. The van der Waals surface area contributed by atoms with E-state index in [0.29, 0.717) is 11.7 Å². The molecular formula is C20H20N3O3P. The van der Waals surface area contributed by atoms with Crippen LogP contribution in [0.2, 0.25) is 0 Å². The topological polar surface area (TPSA) is 81.1 Å². The van der Waals surface area contributed by atoms with Gasteiger partial charge >= 0.3 is 0 Å². The lowest BCUT2D eigenvalue weighted by Gasteiger charge is -2.14. The van der Waals surface area contributed by atoms with Crippen LogP contribution >= 0.6 is 7.14 Å². The van der Waals surface area contributed by atoms with E-state index >= 15 is 0 Å². The van der Waals surface area contributed by atoms with E-state index in [1.807, 2.05) is 35.0 Å². The predicted molar refractivity (Wildman–Crippen MR) is 105 cm³/mol. The van der Waals surface area contributed by atoms with E-state index < -0.39 is 18.8 Å². The molecule has 1 unspecified atom stereocenters. The Bertz CT molecular complexity index is 967. The second kappa shape index (κ2) is 8.14. The van der Waals surface area contributed by atoms with E-state index in [0.717, 1.165) is 11.3 Å². The molecule has 0 saturated heterocycles. The predicted octanol–water partition coefficient (Wildman–Crippen LogP) is 3.32. The molecule has 0 aliphatic rings. The molecule has 0 fully saturated rings. The highest BCUT2D eigenvalue weighted by atomic mass is 31.2. The van der Waals surface area contributed by atoms with E-state index in [-0.39, 0.29) is 6.29 Å². The number of rotatable bonds is 7. The third kappa shape index (κ3) is 5.02. The van der Waals surface area contributed by atoms with Gasteiger partial charge in [0, 0.05) is 29.8 Å². The van der Waals surface area contributed by atoms with Crippen molar-refractivity contribution in [1.82, 2.24) is 14.9 Å². The van der Waals surface area contributed by atoms with Crippen molar-refractivity contribution in [1.29, 1.82) is 0 Å². The molecule has 3 rings (SSSR count). The van der Waals surface area contributed by atoms with Gasteiger partial charge in [0.05, 0.1) is 12.6 Å². The molecule has 0 spiro atoms. The fourth-order valence-corrected chi connectivity index (χ4v) is 4.24. The van der Waals surface area contributed by atoms with Gasteiger partial charge in [-0.15, -0.1) is 0 Å². The first-order chi connectivity index (χ1) is 12.9. The molecule has 6 nitrogen and oxygen atoms in total. The standard InChI is InChI=1S/C20H20N3O3P/c1-27(26,15-22-20(25)19(24)17-5-3-2-4-6-17)13-16-7-9-18(10-8-16)23-12-11-21-14-23/h2-12,14H,13,15H2,1H3,(H,22,25). The molecular weight excluding hydrogens is 361 g/mol. The van der Waals surface area contributed by atoms with Crippen molar-refractivity contribution in [2.75, 3.05) is 13.0 Å². The summed E-state index contributed by atoms with van der Waals surface area (Å²) in [5, 5.41) is 2.51. The summed E-state index contributed by atoms with van der Waals surface area (Å²) in [7, 11) is -2.68. The number of imidazole rings is 1. The Morgan fingerprint density at radius 3 is 2.41 bits per heavy atom. The Morgan fingerprint density at radius 1 is 1.07 bits per heavy atom. The van der Waals surface area contributed by atoms with E-state index in [2.05, 4.69) is 10.3 Å². The van der Waals surface area contributed by atoms with E-state index in [1.165, 1.54) is 0 Å². The van der Waals surface area contributed by atoms with Crippen LogP contribution in [0.15, 0.2) is 73.3 Å². The van der Waals surface area contributed by atoms with Crippen LogP contribution in [0, 0.1) is 0 Å². The van der Waals surface area contributed by atoms with Crippen LogP contribution < -0.4 is 5.32 Å². The molecule has 1 N–H and O–H groups in total. The number of aromatic nitrogens is 2. The van der Waals surface area contributed by atoms with Crippen LogP contribution in [-0.2, 0) is 15.5 Å². The van der Waals surface area contributed by atoms with Crippen molar-refractivity contribution in [3.63, 3.8) is 0 Å². The molecule has 0 aliphatic heterocycles. The number of hydrogen-bond acceptors (Lipinski definition) is 4. The molecule has 2 aromatic carbocycles. The Morgan fingerprint density at radius 2 is 1.78 bits per heavy atom. The minimum atomic E-state index is -2.68. The van der Waals surface area contributed by atoms with Gasteiger partial charge in [-0.05, 0) is 24.4 Å². The lowest BCUT2D eigenvalue weighted by atomic mass is 10.1. The smallest absolute Gasteiger partial charge is 0.292 e. The first-order valence-corrected chi connectivity index (χ1v) is 11.0. The molecule has 1 aromatic heterocycles. The molecule has 0 radical (unpaired) electrons. The molecule has 7 heteroatoms. The third-order valence-electron chi connectivity index (χ3n) is 4.07. The molecule has 1 atom stereocenters. The van der Waals surface area contributed by atoms with E-state index in [4.69, 9.17) is 0 Å². The first-order valence-electron chi connectivity index (χ1n) is 8.45. The van der Waals surface area contributed by atoms with Crippen LogP contribution in [0.25, 0.3) is 5.69 Å². The Kier molecular flexibility index (Phi) is 5.67. The van der Waals surface area contributed by atoms with Gasteiger partial charge < -0.3 is 14.4 Å². The zero-order valence-corrected chi connectivity index (χ0v) is 15.8. The Hall–Kier alpha value is -2.98. The average Bonchev–Trinajstić information content (AvgIpc) is 3.21. The number of nitrogens with zero attached hydrogens (tertiary/aromatic N) is 2. The van der Waals surface area contributed by atoms with Crippen molar-refractivity contribution in [2.45, 2.75) is 6.16 Å². The number of nitrogens with one attached hydrogen (secondary N) is 1. The van der Waals surface area contributed by atoms with E-state index in [1.54, 1.807) is 49.5 Å². The largest absolute Gasteiger partial charge is 0.342 e. The molecule has 0 bridgehead atoms. The number of carbonyl (C=O) groups is 2. The summed E-state index contributed by atoms with van der Waals surface area (Å²) in [6, 6.07) is 16.0. The zero-order valence-electron chi connectivity index (χ0n) is 14.9. The number of amides is 1. The molecule has 1 heterocycles. The van der Waals surface area contributed by atoms with E-state index in [9.17, 15) is 14.2 Å². The third-order valence-corrected chi connectivity index (χ3v) is 5.93. The van der Waals surface area contributed by atoms with Crippen molar-refractivity contribution >= 4 is 18.8 Å². The lowest BCUT2D eigenvalue weighted by Crippen LogP contribution is -2.31. The van der Waals surface area contributed by atoms with Gasteiger partial charge in [-0.3, -0.25) is 9.59 Å². The van der Waals surface area contributed by atoms with Crippen molar-refractivity contribution < 1.29 is 14.2 Å². The summed E-state index contributed by atoms with van der Waals surface area (Å²) >= 11 is 0. The minimum absolute atomic E-state index is 0.0202. The summed E-state index contributed by atoms with van der Waals surface area (Å²) in [6.07, 6.45) is 5.58. The molecule has 138 valence electrons. The van der Waals surface area contributed by atoms with Gasteiger partial charge in [-0.25, -0.2) is 4.98 Å². The SMILES string of the molecule is CP(=O)(CNC(=O)C(=O)c1ccccc1)Cc1ccc(-n2ccnc2)cc1. The molecule has 3 aromatic rings. The Labute approximate surface area is 157 Å². The number of hydrogen-bond donors (Lipinski definition) is 1. The van der Waals surface area contributed by atoms with Crippen LogP contribution in [0.3, 0.4) is 0 Å². The van der Waals surface area contributed by atoms with Gasteiger partial charge in [-0.2, -0.15) is 0 Å². The highest BCUT2D eigenvalue weighted by Crippen LogP contribution is 2.43. The first kappa shape index (κ1) is 18.8. The van der Waals surface area contributed by atoms with Gasteiger partial charge in [0.2, 0.25) is 5.78 Å². The zero-order chi connectivity index (χ0) is 19.3. The summed E-state index contributed by atoms with van der Waals surface area (Å²) in [5.41, 5.74) is 2.19. The van der Waals surface area contributed by atoms with Crippen molar-refractivity contribution in [3.05, 3.63) is 84.4 Å². The van der Waals surface area contributed by atoms with Gasteiger partial charge in [0.25, 0.3) is 5.91 Å². The van der Waals surface area contributed by atoms with Crippen LogP contribution in [0.1, 0.15) is 15.9 Å². The van der Waals surface area contributed by atoms with Crippen LogP contribution in [0.4, 0.5) is 0 Å². The maximum Gasteiger partial charge on any atom is 0.292 e. The maximum absolute atomic E-state index is 12.8. The van der Waals surface area contributed by atoms with Gasteiger partial charge in [-0.1, -0.05) is 42.5 Å². The number of Topliss-reactive ketones (excluding diaryl/α,β-unsaturated/α-hetero) is 1. The van der Waals surface area contributed by atoms with Crippen LogP contribution in [0.5, 0.6) is 0 Å². The van der Waals surface area contributed by atoms with Gasteiger partial charge in [0.15, 0.2) is 0 Å². The molecule has 1 amide bonds. The number of benzene rings is 2. The fourth-order valence-electron chi connectivity index (χ4n) is 2.67. The normalized spacial score (nSPS) is 12.9. The molecule has 0 saturated carbocycles. The second-order valence-corrected chi connectivity index (χ2v) is 9.68. The summed E-state index contributed by atoms with van der Waals surface area (Å²) < 4.78 is 14.7. The van der Waals surface area contributed by atoms with Gasteiger partial charge in [0.1, 0.15) is 7.14 Å². The summed E-state index contributed by atoms with van der Waals surface area (Å²) in [6.45, 7) is 1.63. The fraction of sp³-hybridized carbons (Fsp3) is 0.150. The monoisotopic (exact) mass is 381 g/mol.